The number of ether oxygens (including phenoxy) is 3. The molecule has 12 heteroatoms. The fourth-order valence-electron chi connectivity index (χ4n) is 3.73. The van der Waals surface area contributed by atoms with Crippen LogP contribution in [-0.2, 0) is 32.6 Å². The topological polar surface area (TPSA) is 93.1 Å². The zero-order chi connectivity index (χ0) is 23.1. The van der Waals surface area contributed by atoms with Gasteiger partial charge in [-0.2, -0.15) is 21.6 Å². The van der Waals surface area contributed by atoms with Crippen LogP contribution in [0.2, 0.25) is 0 Å². The van der Waals surface area contributed by atoms with Crippen molar-refractivity contribution in [2.24, 2.45) is 0 Å². The van der Waals surface area contributed by atoms with Crippen molar-refractivity contribution < 1.29 is 40.0 Å². The van der Waals surface area contributed by atoms with Crippen LogP contribution in [0.3, 0.4) is 0 Å². The van der Waals surface area contributed by atoms with E-state index in [1.54, 1.807) is 11.5 Å². The smallest absolute Gasteiger partial charge is 0.490 e. The van der Waals surface area contributed by atoms with Crippen LogP contribution in [0.1, 0.15) is 11.1 Å². The lowest BCUT2D eigenvalue weighted by atomic mass is 9.94. The van der Waals surface area contributed by atoms with Crippen LogP contribution < -0.4 is 14.5 Å². The first-order valence-corrected chi connectivity index (χ1v) is 11.2. The third-order valence-electron chi connectivity index (χ3n) is 5.25. The quantitative estimate of drug-likeness (QED) is 0.484. The SMILES string of the molecule is Cc1c(OCC2COCCO2)cc(=O)n2c1-c1ccc(OS(=O)(=O)C(F)(F)F)cc1CC2. The van der Waals surface area contributed by atoms with Gasteiger partial charge in [0.05, 0.1) is 25.5 Å². The van der Waals surface area contributed by atoms with Crippen LogP contribution >= 0.6 is 0 Å². The maximum atomic E-state index is 12.7. The van der Waals surface area contributed by atoms with Crippen molar-refractivity contribution in [2.45, 2.75) is 31.5 Å². The number of hydrogen-bond donors (Lipinski definition) is 0. The molecule has 0 spiro atoms. The highest BCUT2D eigenvalue weighted by atomic mass is 32.2. The second kappa shape index (κ2) is 8.41. The summed E-state index contributed by atoms with van der Waals surface area (Å²) in [4.78, 5) is 12.7. The average molecular weight is 475 g/mol. The number of pyridine rings is 1. The Kier molecular flexibility index (Phi) is 5.94. The number of halogens is 3. The van der Waals surface area contributed by atoms with E-state index in [4.69, 9.17) is 14.2 Å². The van der Waals surface area contributed by atoms with Gasteiger partial charge in [-0.1, -0.05) is 0 Å². The van der Waals surface area contributed by atoms with Crippen LogP contribution in [0, 0.1) is 6.92 Å². The number of alkyl halides is 3. The first-order valence-electron chi connectivity index (χ1n) is 9.77. The molecule has 174 valence electrons. The number of nitrogens with zero attached hydrogens (tertiary/aromatic N) is 1. The Morgan fingerprint density at radius 2 is 2.00 bits per heavy atom. The molecule has 0 radical (unpaired) electrons. The molecule has 0 bridgehead atoms. The van der Waals surface area contributed by atoms with E-state index in [9.17, 15) is 26.4 Å². The highest BCUT2D eigenvalue weighted by molar-refractivity contribution is 7.88. The monoisotopic (exact) mass is 475 g/mol. The van der Waals surface area contributed by atoms with E-state index in [-0.39, 0.29) is 24.8 Å². The molecule has 4 rings (SSSR count). The number of aryl methyl sites for hydroxylation is 1. The summed E-state index contributed by atoms with van der Waals surface area (Å²) >= 11 is 0. The van der Waals surface area contributed by atoms with Gasteiger partial charge in [0.1, 0.15) is 24.2 Å². The Bertz CT molecular complexity index is 1180. The summed E-state index contributed by atoms with van der Waals surface area (Å²) in [6.45, 7) is 3.60. The van der Waals surface area contributed by atoms with Crippen LogP contribution in [0.5, 0.6) is 11.5 Å². The molecule has 8 nitrogen and oxygen atoms in total. The van der Waals surface area contributed by atoms with Crippen LogP contribution in [0.4, 0.5) is 13.2 Å². The zero-order valence-electron chi connectivity index (χ0n) is 17.0. The second-order valence-electron chi connectivity index (χ2n) is 7.40. The van der Waals surface area contributed by atoms with Crippen LogP contribution in [-0.4, -0.2) is 51.0 Å². The highest BCUT2D eigenvalue weighted by Gasteiger charge is 2.48. The maximum absolute atomic E-state index is 12.7. The van der Waals surface area contributed by atoms with Gasteiger partial charge in [-0.15, -0.1) is 0 Å². The second-order valence-corrected chi connectivity index (χ2v) is 8.94. The van der Waals surface area contributed by atoms with E-state index in [2.05, 4.69) is 4.18 Å². The minimum atomic E-state index is -5.77. The van der Waals surface area contributed by atoms with Gasteiger partial charge in [-0.05, 0) is 37.1 Å². The van der Waals surface area contributed by atoms with Crippen molar-refractivity contribution in [3.63, 3.8) is 0 Å². The molecule has 1 saturated heterocycles. The molecule has 32 heavy (non-hydrogen) atoms. The molecule has 1 aromatic heterocycles. The molecule has 0 amide bonds. The average Bonchev–Trinajstić information content (AvgIpc) is 2.74. The van der Waals surface area contributed by atoms with Crippen molar-refractivity contribution in [2.75, 3.05) is 26.4 Å². The number of rotatable bonds is 5. The number of aromatic nitrogens is 1. The molecule has 1 aromatic carbocycles. The number of benzene rings is 1. The molecule has 1 unspecified atom stereocenters. The summed E-state index contributed by atoms with van der Waals surface area (Å²) in [5.41, 5.74) is -3.45. The molecule has 2 aromatic rings. The minimum absolute atomic E-state index is 0.193. The highest BCUT2D eigenvalue weighted by Crippen LogP contribution is 2.37. The normalized spacial score (nSPS) is 18.6. The molecular weight excluding hydrogens is 455 g/mol. The predicted octanol–water partition coefficient (Wildman–Crippen LogP) is 2.40. The molecule has 3 heterocycles. The molecule has 0 N–H and O–H groups in total. The van der Waals surface area contributed by atoms with Gasteiger partial charge >= 0.3 is 15.6 Å². The third-order valence-corrected chi connectivity index (χ3v) is 6.23. The summed E-state index contributed by atoms with van der Waals surface area (Å²) in [5, 5.41) is 0. The Morgan fingerprint density at radius 1 is 1.22 bits per heavy atom. The standard InChI is InChI=1S/C20H20F3NO7S/c1-12-17(30-11-15-10-28-6-7-29-15)9-18(25)24-5-4-13-8-14(2-3-16(13)19(12)24)31-32(26,27)20(21,22)23/h2-3,8-9,15H,4-7,10-11H2,1H3. The van der Waals surface area contributed by atoms with Gasteiger partial charge in [0.25, 0.3) is 5.56 Å². The molecular formula is C20H20F3NO7S. The van der Waals surface area contributed by atoms with Gasteiger partial charge in [0.15, 0.2) is 0 Å². The van der Waals surface area contributed by atoms with E-state index >= 15 is 0 Å². The van der Waals surface area contributed by atoms with Crippen molar-refractivity contribution >= 4 is 10.1 Å². The summed E-state index contributed by atoms with van der Waals surface area (Å²) in [6, 6.07) is 5.20. The lowest BCUT2D eigenvalue weighted by Crippen LogP contribution is -2.34. The van der Waals surface area contributed by atoms with E-state index in [0.29, 0.717) is 54.4 Å². The zero-order valence-corrected chi connectivity index (χ0v) is 17.8. The Balaban J connectivity index is 1.65. The molecule has 2 aliphatic heterocycles. The maximum Gasteiger partial charge on any atom is 0.534 e. The Morgan fingerprint density at radius 3 is 2.69 bits per heavy atom. The molecule has 1 fully saturated rings. The van der Waals surface area contributed by atoms with Crippen LogP contribution in [0.15, 0.2) is 29.1 Å². The fourth-order valence-corrected chi connectivity index (χ4v) is 4.18. The predicted molar refractivity (Wildman–Crippen MR) is 106 cm³/mol. The van der Waals surface area contributed by atoms with E-state index < -0.39 is 21.4 Å². The Hall–Kier alpha value is -2.57. The summed E-state index contributed by atoms with van der Waals surface area (Å²) in [7, 11) is -5.77. The Labute approximate surface area is 181 Å². The first kappa shape index (κ1) is 22.6. The van der Waals surface area contributed by atoms with Gasteiger partial charge in [-0.25, -0.2) is 0 Å². The van der Waals surface area contributed by atoms with Crippen LogP contribution in [0.25, 0.3) is 11.3 Å². The minimum Gasteiger partial charge on any atom is -0.490 e. The van der Waals surface area contributed by atoms with E-state index in [0.717, 1.165) is 6.07 Å². The molecule has 1 atom stereocenters. The van der Waals surface area contributed by atoms with Crippen molar-refractivity contribution in [1.29, 1.82) is 0 Å². The lowest BCUT2D eigenvalue weighted by molar-refractivity contribution is -0.101. The molecule has 2 aliphatic rings. The van der Waals surface area contributed by atoms with Gasteiger partial charge < -0.3 is 23.0 Å². The lowest BCUT2D eigenvalue weighted by Gasteiger charge is -2.26. The first-order chi connectivity index (χ1) is 15.1. The van der Waals surface area contributed by atoms with Crippen molar-refractivity contribution in [3.8, 4) is 22.8 Å². The van der Waals surface area contributed by atoms with Crippen molar-refractivity contribution in [3.05, 3.63) is 45.7 Å². The largest absolute Gasteiger partial charge is 0.534 e. The van der Waals surface area contributed by atoms with Gasteiger partial charge in [0, 0.05) is 23.7 Å². The van der Waals surface area contributed by atoms with E-state index in [1.165, 1.54) is 18.2 Å². The van der Waals surface area contributed by atoms with Gasteiger partial charge in [-0.3, -0.25) is 4.79 Å². The van der Waals surface area contributed by atoms with Gasteiger partial charge in [0.2, 0.25) is 0 Å². The summed E-state index contributed by atoms with van der Waals surface area (Å²) in [6.07, 6.45) is 0.0581. The number of fused-ring (bicyclic) bond motifs is 3. The van der Waals surface area contributed by atoms with Crippen molar-refractivity contribution in [1.82, 2.24) is 4.57 Å². The summed E-state index contributed by atoms with van der Waals surface area (Å²) in [5.74, 6) is -0.0837. The molecule has 0 aliphatic carbocycles. The summed E-state index contributed by atoms with van der Waals surface area (Å²) < 4.78 is 83.0. The fraction of sp³-hybridized carbons (Fsp3) is 0.450. The third kappa shape index (κ3) is 4.34. The number of hydrogen-bond acceptors (Lipinski definition) is 7. The van der Waals surface area contributed by atoms with E-state index in [1.807, 2.05) is 0 Å². The molecule has 0 saturated carbocycles.